The summed E-state index contributed by atoms with van der Waals surface area (Å²) in [7, 11) is 0. The Morgan fingerprint density at radius 3 is 2.41 bits per heavy atom. The quantitative estimate of drug-likeness (QED) is 0.312. The third kappa shape index (κ3) is 5.59. The van der Waals surface area contributed by atoms with Gasteiger partial charge in [0.2, 0.25) is 0 Å². The van der Waals surface area contributed by atoms with Crippen molar-refractivity contribution in [3.63, 3.8) is 0 Å². The summed E-state index contributed by atoms with van der Waals surface area (Å²) in [4.78, 5) is 28.5. The first-order valence-electron chi connectivity index (χ1n) is 11.5. The number of nitro benzene ring substituents is 1. The van der Waals surface area contributed by atoms with E-state index in [1.165, 1.54) is 22.1 Å². The smallest absolute Gasteiger partial charge is 0.293 e. The standard InChI is InChI=1S/C27H29N3O3S/c1-18-12-14-29(15-13-18)24-11-6-21(17-25(24)30(32)33)27(31)28-22-7-9-23(10-8-22)34-26-16-19(2)4-5-20(26)3/h4-11,16-18H,12-15H2,1-3H3,(H,28,31). The van der Waals surface area contributed by atoms with Gasteiger partial charge in [0, 0.05) is 40.2 Å². The highest BCUT2D eigenvalue weighted by Gasteiger charge is 2.24. The van der Waals surface area contributed by atoms with Crippen molar-refractivity contribution in [2.75, 3.05) is 23.3 Å². The van der Waals surface area contributed by atoms with Crippen LogP contribution < -0.4 is 10.2 Å². The number of carbonyl (C=O) groups is 1. The number of amides is 1. The SMILES string of the molecule is Cc1ccc(C)c(Sc2ccc(NC(=O)c3ccc(N4CCC(C)CC4)c([N+](=O)[O-])c3)cc2)c1. The maximum absolute atomic E-state index is 12.8. The van der Waals surface area contributed by atoms with E-state index in [0.717, 1.165) is 30.8 Å². The fourth-order valence-corrected chi connectivity index (χ4v) is 5.08. The molecule has 1 fully saturated rings. The molecule has 7 heteroatoms. The zero-order valence-corrected chi connectivity index (χ0v) is 20.5. The number of carbonyl (C=O) groups excluding carboxylic acids is 1. The number of nitro groups is 1. The molecule has 0 spiro atoms. The van der Waals surface area contributed by atoms with Crippen LogP contribution in [0.2, 0.25) is 0 Å². The van der Waals surface area contributed by atoms with Crippen LogP contribution in [-0.2, 0) is 0 Å². The molecule has 1 aliphatic heterocycles. The monoisotopic (exact) mass is 475 g/mol. The molecule has 0 aromatic heterocycles. The topological polar surface area (TPSA) is 75.5 Å². The molecule has 1 aliphatic rings. The van der Waals surface area contributed by atoms with E-state index in [1.54, 1.807) is 23.9 Å². The van der Waals surface area contributed by atoms with Crippen molar-refractivity contribution < 1.29 is 9.72 Å². The molecule has 176 valence electrons. The van der Waals surface area contributed by atoms with Gasteiger partial charge in [0.1, 0.15) is 5.69 Å². The minimum Gasteiger partial charge on any atom is -0.366 e. The molecule has 1 N–H and O–H groups in total. The van der Waals surface area contributed by atoms with Crippen LogP contribution in [-0.4, -0.2) is 23.9 Å². The fraction of sp³-hybridized carbons (Fsp3) is 0.296. The molecule has 6 nitrogen and oxygen atoms in total. The van der Waals surface area contributed by atoms with E-state index in [-0.39, 0.29) is 17.2 Å². The van der Waals surface area contributed by atoms with Crippen molar-refractivity contribution in [3.05, 3.63) is 87.5 Å². The normalized spacial score (nSPS) is 14.1. The molecule has 1 saturated heterocycles. The Morgan fingerprint density at radius 1 is 1.03 bits per heavy atom. The Bertz CT molecular complexity index is 1200. The van der Waals surface area contributed by atoms with Crippen LogP contribution in [0, 0.1) is 29.9 Å². The summed E-state index contributed by atoms with van der Waals surface area (Å²) < 4.78 is 0. The van der Waals surface area contributed by atoms with E-state index in [1.807, 2.05) is 29.2 Å². The molecule has 34 heavy (non-hydrogen) atoms. The van der Waals surface area contributed by atoms with Crippen LogP contribution in [0.3, 0.4) is 0 Å². The second-order valence-electron chi connectivity index (χ2n) is 8.98. The van der Waals surface area contributed by atoms with Crippen LogP contribution in [0.4, 0.5) is 17.1 Å². The highest BCUT2D eigenvalue weighted by Crippen LogP contribution is 2.33. The van der Waals surface area contributed by atoms with Gasteiger partial charge in [-0.15, -0.1) is 0 Å². The van der Waals surface area contributed by atoms with Gasteiger partial charge in [0.15, 0.2) is 0 Å². The van der Waals surface area contributed by atoms with E-state index in [0.29, 0.717) is 17.3 Å². The first kappa shape index (κ1) is 23.8. The van der Waals surface area contributed by atoms with Crippen molar-refractivity contribution in [2.24, 2.45) is 5.92 Å². The summed E-state index contributed by atoms with van der Waals surface area (Å²) >= 11 is 1.68. The summed E-state index contributed by atoms with van der Waals surface area (Å²) in [5.74, 6) is 0.267. The number of benzene rings is 3. The van der Waals surface area contributed by atoms with Crippen LogP contribution in [0.15, 0.2) is 70.5 Å². The summed E-state index contributed by atoms with van der Waals surface area (Å²) in [6.45, 7) is 7.95. The number of rotatable bonds is 6. The third-order valence-electron chi connectivity index (χ3n) is 6.24. The number of anilines is 2. The molecule has 1 amide bonds. The van der Waals surface area contributed by atoms with Gasteiger partial charge < -0.3 is 10.2 Å². The Morgan fingerprint density at radius 2 is 1.74 bits per heavy atom. The van der Waals surface area contributed by atoms with Crippen LogP contribution in [0.25, 0.3) is 0 Å². The number of hydrogen-bond acceptors (Lipinski definition) is 5. The van der Waals surface area contributed by atoms with E-state index in [2.05, 4.69) is 44.3 Å². The minimum absolute atomic E-state index is 0.0255. The van der Waals surface area contributed by atoms with Gasteiger partial charge in [0.25, 0.3) is 11.6 Å². The maximum Gasteiger partial charge on any atom is 0.293 e. The van der Waals surface area contributed by atoms with Crippen molar-refractivity contribution in [1.82, 2.24) is 0 Å². The second-order valence-corrected chi connectivity index (χ2v) is 10.1. The molecule has 0 bridgehead atoms. The number of hydrogen-bond donors (Lipinski definition) is 1. The van der Waals surface area contributed by atoms with Crippen LogP contribution in [0.5, 0.6) is 0 Å². The summed E-state index contributed by atoms with van der Waals surface area (Å²) in [6.07, 6.45) is 2.02. The number of nitrogens with zero attached hydrogens (tertiary/aromatic N) is 2. The van der Waals surface area contributed by atoms with E-state index < -0.39 is 4.92 Å². The zero-order chi connectivity index (χ0) is 24.2. The summed E-state index contributed by atoms with van der Waals surface area (Å²) in [6, 6.07) is 18.8. The second kappa shape index (κ2) is 10.3. The van der Waals surface area contributed by atoms with Gasteiger partial charge >= 0.3 is 0 Å². The maximum atomic E-state index is 12.8. The molecule has 0 unspecified atom stereocenters. The Kier molecular flexibility index (Phi) is 7.22. The molecule has 0 atom stereocenters. The lowest BCUT2D eigenvalue weighted by molar-refractivity contribution is -0.384. The zero-order valence-electron chi connectivity index (χ0n) is 19.7. The highest BCUT2D eigenvalue weighted by molar-refractivity contribution is 7.99. The molecule has 0 aliphatic carbocycles. The first-order chi connectivity index (χ1) is 16.3. The van der Waals surface area contributed by atoms with E-state index >= 15 is 0 Å². The average molecular weight is 476 g/mol. The molecule has 4 rings (SSSR count). The van der Waals surface area contributed by atoms with E-state index in [4.69, 9.17) is 0 Å². The van der Waals surface area contributed by atoms with Gasteiger partial charge in [-0.25, -0.2) is 0 Å². The van der Waals surface area contributed by atoms with Crippen molar-refractivity contribution >= 4 is 34.7 Å². The Hall–Kier alpha value is -3.32. The Balaban J connectivity index is 1.46. The Labute approximate surface area is 204 Å². The predicted molar refractivity (Wildman–Crippen MR) is 138 cm³/mol. The first-order valence-corrected chi connectivity index (χ1v) is 12.3. The minimum atomic E-state index is -0.399. The molecule has 0 radical (unpaired) electrons. The van der Waals surface area contributed by atoms with Gasteiger partial charge in [-0.05, 0) is 86.2 Å². The molecule has 0 saturated carbocycles. The van der Waals surface area contributed by atoms with Crippen molar-refractivity contribution in [1.29, 1.82) is 0 Å². The number of aryl methyl sites for hydroxylation is 2. The summed E-state index contributed by atoms with van der Waals surface area (Å²) in [5.41, 5.74) is 3.91. The lowest BCUT2D eigenvalue weighted by atomic mass is 9.98. The van der Waals surface area contributed by atoms with Crippen molar-refractivity contribution in [3.8, 4) is 0 Å². The lowest BCUT2D eigenvalue weighted by Crippen LogP contribution is -2.33. The number of nitrogens with one attached hydrogen (secondary N) is 1. The molecular weight excluding hydrogens is 446 g/mol. The van der Waals surface area contributed by atoms with Gasteiger partial charge in [-0.1, -0.05) is 30.8 Å². The van der Waals surface area contributed by atoms with Crippen LogP contribution >= 0.6 is 11.8 Å². The highest BCUT2D eigenvalue weighted by atomic mass is 32.2. The van der Waals surface area contributed by atoms with Gasteiger partial charge in [0.05, 0.1) is 4.92 Å². The predicted octanol–water partition coefficient (Wildman–Crippen LogP) is 6.85. The van der Waals surface area contributed by atoms with E-state index in [9.17, 15) is 14.9 Å². The van der Waals surface area contributed by atoms with Gasteiger partial charge in [-0.2, -0.15) is 0 Å². The fourth-order valence-electron chi connectivity index (χ4n) is 4.08. The molecule has 1 heterocycles. The summed E-state index contributed by atoms with van der Waals surface area (Å²) in [5, 5.41) is 14.6. The van der Waals surface area contributed by atoms with Gasteiger partial charge in [-0.3, -0.25) is 14.9 Å². The lowest BCUT2D eigenvalue weighted by Gasteiger charge is -2.31. The average Bonchev–Trinajstić information content (AvgIpc) is 2.83. The largest absolute Gasteiger partial charge is 0.366 e. The molecule has 3 aromatic rings. The number of piperidine rings is 1. The van der Waals surface area contributed by atoms with Crippen LogP contribution in [0.1, 0.15) is 41.3 Å². The molecule has 3 aromatic carbocycles. The third-order valence-corrected chi connectivity index (χ3v) is 7.41. The molecular formula is C27H29N3O3S. The van der Waals surface area contributed by atoms with Crippen molar-refractivity contribution in [2.45, 2.75) is 43.4 Å².